The van der Waals surface area contributed by atoms with Gasteiger partial charge in [-0.1, -0.05) is 37.6 Å². The van der Waals surface area contributed by atoms with Crippen LogP contribution in [0.25, 0.3) is 5.69 Å². The van der Waals surface area contributed by atoms with E-state index < -0.39 is 5.97 Å². The van der Waals surface area contributed by atoms with Crippen LogP contribution in [0.5, 0.6) is 5.75 Å². The summed E-state index contributed by atoms with van der Waals surface area (Å²) < 4.78 is 11.7. The Balaban J connectivity index is 2.70. The quantitative estimate of drug-likeness (QED) is 0.812. The van der Waals surface area contributed by atoms with Crippen LogP contribution >= 0.6 is 11.6 Å². The summed E-state index contributed by atoms with van der Waals surface area (Å²) in [5.41, 5.74) is 1.57. The predicted octanol–water partition coefficient (Wildman–Crippen LogP) is 3.44. The molecule has 0 radical (unpaired) electrons. The number of aromatic nitrogens is 2. The van der Waals surface area contributed by atoms with Gasteiger partial charge in [-0.15, -0.1) is 0 Å². The molecule has 0 N–H and O–H groups in total. The van der Waals surface area contributed by atoms with E-state index in [0.717, 1.165) is 11.4 Å². The van der Waals surface area contributed by atoms with Crippen LogP contribution in [0, 0.1) is 0 Å². The monoisotopic (exact) mass is 308 g/mol. The Hall–Kier alpha value is -2.01. The third-order valence-corrected chi connectivity index (χ3v) is 3.47. The van der Waals surface area contributed by atoms with Gasteiger partial charge in [-0.3, -0.25) is 0 Å². The van der Waals surface area contributed by atoms with Gasteiger partial charge in [0.25, 0.3) is 0 Å². The van der Waals surface area contributed by atoms with Gasteiger partial charge in [-0.2, -0.15) is 5.10 Å². The molecule has 0 amide bonds. The van der Waals surface area contributed by atoms with Crippen LogP contribution in [-0.4, -0.2) is 30.0 Å². The molecular weight excluding hydrogens is 292 g/mol. The van der Waals surface area contributed by atoms with Crippen molar-refractivity contribution in [1.29, 1.82) is 0 Å². The van der Waals surface area contributed by atoms with E-state index in [9.17, 15) is 4.79 Å². The highest BCUT2D eigenvalue weighted by molar-refractivity contribution is 6.34. The van der Waals surface area contributed by atoms with Crippen molar-refractivity contribution in [2.75, 3.05) is 14.2 Å². The molecule has 0 aliphatic heterocycles. The third kappa shape index (κ3) is 2.74. The smallest absolute Gasteiger partial charge is 0.360 e. The fraction of sp³-hybridized carbons (Fsp3) is 0.333. The van der Waals surface area contributed by atoms with E-state index in [4.69, 9.17) is 21.1 Å². The molecule has 5 nitrogen and oxygen atoms in total. The highest BCUT2D eigenvalue weighted by atomic mass is 35.5. The molecule has 21 heavy (non-hydrogen) atoms. The minimum atomic E-state index is -0.560. The number of nitrogens with zero attached hydrogens (tertiary/aromatic N) is 2. The second-order valence-corrected chi connectivity index (χ2v) is 5.16. The number of rotatable bonds is 4. The van der Waals surface area contributed by atoms with Gasteiger partial charge >= 0.3 is 5.97 Å². The van der Waals surface area contributed by atoms with E-state index >= 15 is 0 Å². The summed E-state index contributed by atoms with van der Waals surface area (Å²) in [6, 6.07) is 7.42. The maximum Gasteiger partial charge on any atom is 0.360 e. The van der Waals surface area contributed by atoms with Gasteiger partial charge in [-0.25, -0.2) is 9.48 Å². The average Bonchev–Trinajstić information content (AvgIpc) is 2.83. The second kappa shape index (κ2) is 6.18. The van der Waals surface area contributed by atoms with Crippen molar-refractivity contribution in [2.24, 2.45) is 0 Å². The first-order valence-electron chi connectivity index (χ1n) is 6.51. The van der Waals surface area contributed by atoms with Gasteiger partial charge in [0.05, 0.1) is 24.9 Å². The summed E-state index contributed by atoms with van der Waals surface area (Å²) in [4.78, 5) is 11.8. The zero-order chi connectivity index (χ0) is 15.6. The molecule has 0 saturated carbocycles. The van der Waals surface area contributed by atoms with Crippen molar-refractivity contribution >= 4 is 17.6 Å². The maximum absolute atomic E-state index is 11.8. The van der Waals surface area contributed by atoms with E-state index in [0.29, 0.717) is 10.8 Å². The number of halogens is 1. The van der Waals surface area contributed by atoms with Crippen LogP contribution in [0.1, 0.15) is 35.9 Å². The Morgan fingerprint density at radius 3 is 2.52 bits per heavy atom. The molecule has 1 aromatic heterocycles. The van der Waals surface area contributed by atoms with Crippen molar-refractivity contribution in [3.05, 3.63) is 40.7 Å². The second-order valence-electron chi connectivity index (χ2n) is 4.78. The first-order valence-corrected chi connectivity index (χ1v) is 6.89. The van der Waals surface area contributed by atoms with Gasteiger partial charge in [0, 0.05) is 0 Å². The van der Waals surface area contributed by atoms with Gasteiger partial charge in [0.15, 0.2) is 5.69 Å². The number of ether oxygens (including phenoxy) is 2. The van der Waals surface area contributed by atoms with Crippen LogP contribution < -0.4 is 4.74 Å². The Bertz CT molecular complexity index is 665. The van der Waals surface area contributed by atoms with Gasteiger partial charge in [-0.05, 0) is 18.1 Å². The van der Waals surface area contributed by atoms with E-state index in [1.807, 2.05) is 38.1 Å². The highest BCUT2D eigenvalue weighted by Crippen LogP contribution is 2.33. The molecule has 1 heterocycles. The van der Waals surface area contributed by atoms with Crippen LogP contribution in [0.4, 0.5) is 0 Å². The molecule has 6 heteroatoms. The lowest BCUT2D eigenvalue weighted by molar-refractivity contribution is 0.0593. The number of carbonyl (C=O) groups is 1. The van der Waals surface area contributed by atoms with Crippen LogP contribution in [0.3, 0.4) is 0 Å². The largest absolute Gasteiger partial charge is 0.494 e. The fourth-order valence-corrected chi connectivity index (χ4v) is 2.54. The molecule has 112 valence electrons. The fourth-order valence-electron chi connectivity index (χ4n) is 2.13. The summed E-state index contributed by atoms with van der Waals surface area (Å²) in [5.74, 6) is 0.166. The lowest BCUT2D eigenvalue weighted by Crippen LogP contribution is -2.07. The third-order valence-electron chi connectivity index (χ3n) is 3.10. The van der Waals surface area contributed by atoms with E-state index in [1.54, 1.807) is 11.8 Å². The molecule has 1 aromatic carbocycles. The van der Waals surface area contributed by atoms with E-state index in [-0.39, 0.29) is 11.6 Å². The average molecular weight is 309 g/mol. The minimum absolute atomic E-state index is 0.0771. The first kappa shape index (κ1) is 15.4. The van der Waals surface area contributed by atoms with Crippen LogP contribution in [-0.2, 0) is 4.74 Å². The van der Waals surface area contributed by atoms with Gasteiger partial charge in [0.1, 0.15) is 11.4 Å². The number of para-hydroxylation sites is 2. The molecule has 0 saturated heterocycles. The number of hydrogen-bond acceptors (Lipinski definition) is 4. The van der Waals surface area contributed by atoms with Crippen LogP contribution in [0.2, 0.25) is 5.02 Å². The maximum atomic E-state index is 11.8. The molecule has 0 unspecified atom stereocenters. The van der Waals surface area contributed by atoms with E-state index in [1.165, 1.54) is 7.11 Å². The topological polar surface area (TPSA) is 53.3 Å². The molecule has 2 rings (SSSR count). The van der Waals surface area contributed by atoms with Gasteiger partial charge in [0.2, 0.25) is 0 Å². The Kier molecular flexibility index (Phi) is 4.53. The Labute approximate surface area is 128 Å². The zero-order valence-corrected chi connectivity index (χ0v) is 13.1. The van der Waals surface area contributed by atoms with Crippen molar-refractivity contribution in [2.45, 2.75) is 19.8 Å². The molecule has 2 aromatic rings. The molecule has 0 aliphatic carbocycles. The van der Waals surface area contributed by atoms with Crippen LogP contribution in [0.15, 0.2) is 24.3 Å². The minimum Gasteiger partial charge on any atom is -0.494 e. The van der Waals surface area contributed by atoms with Gasteiger partial charge < -0.3 is 9.47 Å². The Morgan fingerprint density at radius 2 is 1.95 bits per heavy atom. The molecule has 0 spiro atoms. The molecule has 0 aliphatic rings. The normalized spacial score (nSPS) is 10.8. The number of carbonyl (C=O) groups excluding carboxylic acids is 1. The number of benzene rings is 1. The summed E-state index contributed by atoms with van der Waals surface area (Å²) >= 11 is 6.32. The number of methoxy groups -OCH3 is 2. The Morgan fingerprint density at radius 1 is 1.29 bits per heavy atom. The van der Waals surface area contributed by atoms with Crippen molar-refractivity contribution in [3.63, 3.8) is 0 Å². The molecule has 0 atom stereocenters. The lowest BCUT2D eigenvalue weighted by atomic mass is 10.1. The zero-order valence-electron chi connectivity index (χ0n) is 12.4. The first-order chi connectivity index (χ1) is 10.0. The molecular formula is C15H17ClN2O3. The number of esters is 1. The summed E-state index contributed by atoms with van der Waals surface area (Å²) in [6.45, 7) is 3.96. The number of hydrogen-bond donors (Lipinski definition) is 0. The van der Waals surface area contributed by atoms with Crippen molar-refractivity contribution in [3.8, 4) is 11.4 Å². The molecule has 0 fully saturated rings. The van der Waals surface area contributed by atoms with Crippen molar-refractivity contribution < 1.29 is 14.3 Å². The summed E-state index contributed by atoms with van der Waals surface area (Å²) in [6.07, 6.45) is 0. The summed E-state index contributed by atoms with van der Waals surface area (Å²) in [5, 5.41) is 4.62. The predicted molar refractivity (Wildman–Crippen MR) is 80.6 cm³/mol. The van der Waals surface area contributed by atoms with E-state index in [2.05, 4.69) is 5.10 Å². The standard InChI is InChI=1S/C15H17ClN2O3/c1-9(2)14-12(16)13(15(19)21-4)17-18(14)10-7-5-6-8-11(10)20-3/h5-9H,1-4H3. The summed E-state index contributed by atoms with van der Waals surface area (Å²) in [7, 11) is 2.88. The molecule has 0 bridgehead atoms. The SMILES string of the molecule is COC(=O)c1nn(-c2ccccc2OC)c(C(C)C)c1Cl. The van der Waals surface area contributed by atoms with Crippen molar-refractivity contribution in [1.82, 2.24) is 9.78 Å². The highest BCUT2D eigenvalue weighted by Gasteiger charge is 2.25. The lowest BCUT2D eigenvalue weighted by Gasteiger charge is -2.13.